The minimum absolute atomic E-state index is 0.208. The molecule has 0 amide bonds. The monoisotopic (exact) mass is 242 g/mol. The fraction of sp³-hybridized carbons (Fsp3) is 1.00. The van der Waals surface area contributed by atoms with Gasteiger partial charge in [0.2, 0.25) is 0 Å². The topological polar surface area (TPSA) is 38.5 Å². The van der Waals surface area contributed by atoms with Gasteiger partial charge >= 0.3 is 0 Å². The Morgan fingerprint density at radius 3 is 2.59 bits per heavy atom. The molecular formula is C14H30N2O. The van der Waals surface area contributed by atoms with Gasteiger partial charge in [0.1, 0.15) is 0 Å². The Morgan fingerprint density at radius 1 is 1.41 bits per heavy atom. The Balaban J connectivity index is 2.77. The number of hydrogen-bond donors (Lipinski definition) is 1. The maximum absolute atomic E-state index is 6.14. The zero-order valence-corrected chi connectivity index (χ0v) is 12.0. The molecule has 0 aliphatic heterocycles. The van der Waals surface area contributed by atoms with E-state index in [1.54, 1.807) is 7.11 Å². The number of ether oxygens (including phenoxy) is 1. The van der Waals surface area contributed by atoms with E-state index in [4.69, 9.17) is 10.5 Å². The van der Waals surface area contributed by atoms with Crippen LogP contribution in [0.2, 0.25) is 0 Å². The molecule has 0 radical (unpaired) electrons. The number of hydrogen-bond acceptors (Lipinski definition) is 3. The molecule has 0 aromatic rings. The Kier molecular flexibility index (Phi) is 5.90. The van der Waals surface area contributed by atoms with E-state index >= 15 is 0 Å². The maximum atomic E-state index is 6.14. The van der Waals surface area contributed by atoms with Crippen molar-refractivity contribution in [3.8, 4) is 0 Å². The van der Waals surface area contributed by atoms with Gasteiger partial charge < -0.3 is 10.5 Å². The lowest BCUT2D eigenvalue weighted by atomic mass is 9.69. The molecule has 102 valence electrons. The number of nitrogens with zero attached hydrogens (tertiary/aromatic N) is 1. The molecule has 2 N–H and O–H groups in total. The van der Waals surface area contributed by atoms with E-state index in [1.165, 1.54) is 19.3 Å². The predicted octanol–water partition coefficient (Wildman–Crippen LogP) is 2.11. The summed E-state index contributed by atoms with van der Waals surface area (Å²) in [6.45, 7) is 10.6. The van der Waals surface area contributed by atoms with Crippen LogP contribution in [0.25, 0.3) is 0 Å². The van der Waals surface area contributed by atoms with Gasteiger partial charge in [0, 0.05) is 25.7 Å². The highest BCUT2D eigenvalue weighted by Crippen LogP contribution is 2.40. The van der Waals surface area contributed by atoms with Crippen LogP contribution >= 0.6 is 0 Å². The first-order chi connectivity index (χ1) is 8.10. The first-order valence-corrected chi connectivity index (χ1v) is 7.04. The molecule has 1 fully saturated rings. The van der Waals surface area contributed by atoms with Gasteiger partial charge in [-0.1, -0.05) is 20.8 Å². The molecule has 0 saturated heterocycles. The number of rotatable bonds is 6. The molecule has 3 heteroatoms. The highest BCUT2D eigenvalue weighted by Gasteiger charge is 2.42. The van der Waals surface area contributed by atoms with E-state index in [2.05, 4.69) is 25.7 Å². The Bertz CT molecular complexity index is 222. The molecule has 1 saturated carbocycles. The quantitative estimate of drug-likeness (QED) is 0.775. The van der Waals surface area contributed by atoms with Crippen LogP contribution in [0.3, 0.4) is 0 Å². The smallest absolute Gasteiger partial charge is 0.0589 e. The predicted molar refractivity (Wildman–Crippen MR) is 73.1 cm³/mol. The van der Waals surface area contributed by atoms with Gasteiger partial charge in [-0.3, -0.25) is 4.90 Å². The summed E-state index contributed by atoms with van der Waals surface area (Å²) in [5.74, 6) is 1.54. The van der Waals surface area contributed by atoms with Crippen molar-refractivity contribution in [2.45, 2.75) is 45.6 Å². The molecule has 0 aromatic heterocycles. The SMILES string of the molecule is CCN(CCOC)C1(CN)CCC(C)CC1C. The normalized spacial score (nSPS) is 34.2. The third kappa shape index (κ3) is 3.21. The summed E-state index contributed by atoms with van der Waals surface area (Å²) in [7, 11) is 1.77. The second-order valence-corrected chi connectivity index (χ2v) is 5.66. The van der Waals surface area contributed by atoms with Gasteiger partial charge in [-0.05, 0) is 37.6 Å². The lowest BCUT2D eigenvalue weighted by molar-refractivity contribution is -0.0101. The molecule has 1 aliphatic carbocycles. The second-order valence-electron chi connectivity index (χ2n) is 5.66. The van der Waals surface area contributed by atoms with Crippen LogP contribution in [0, 0.1) is 11.8 Å². The molecule has 3 nitrogen and oxygen atoms in total. The molecule has 17 heavy (non-hydrogen) atoms. The van der Waals surface area contributed by atoms with Crippen molar-refractivity contribution >= 4 is 0 Å². The molecule has 0 aromatic carbocycles. The summed E-state index contributed by atoms with van der Waals surface area (Å²) >= 11 is 0. The Hall–Kier alpha value is -0.120. The molecule has 0 heterocycles. The Morgan fingerprint density at radius 2 is 2.12 bits per heavy atom. The fourth-order valence-corrected chi connectivity index (χ4v) is 3.48. The summed E-state index contributed by atoms with van der Waals surface area (Å²) in [5, 5.41) is 0. The van der Waals surface area contributed by atoms with Gasteiger partial charge in [0.05, 0.1) is 6.61 Å². The molecule has 0 spiro atoms. The molecule has 3 unspecified atom stereocenters. The average molecular weight is 242 g/mol. The Labute approximate surface area is 107 Å². The summed E-state index contributed by atoms with van der Waals surface area (Å²) < 4.78 is 5.23. The largest absolute Gasteiger partial charge is 0.383 e. The minimum Gasteiger partial charge on any atom is -0.383 e. The fourth-order valence-electron chi connectivity index (χ4n) is 3.48. The van der Waals surface area contributed by atoms with Gasteiger partial charge in [0.25, 0.3) is 0 Å². The zero-order valence-electron chi connectivity index (χ0n) is 12.0. The molecule has 0 bridgehead atoms. The summed E-state index contributed by atoms with van der Waals surface area (Å²) in [5.41, 5.74) is 6.35. The number of methoxy groups -OCH3 is 1. The second kappa shape index (κ2) is 6.72. The molecule has 3 atom stereocenters. The first-order valence-electron chi connectivity index (χ1n) is 7.04. The van der Waals surface area contributed by atoms with E-state index in [-0.39, 0.29) is 5.54 Å². The summed E-state index contributed by atoms with van der Waals surface area (Å²) in [6, 6.07) is 0. The maximum Gasteiger partial charge on any atom is 0.0589 e. The van der Waals surface area contributed by atoms with Crippen LogP contribution in [-0.4, -0.2) is 43.8 Å². The average Bonchev–Trinajstić information content (AvgIpc) is 2.32. The van der Waals surface area contributed by atoms with Gasteiger partial charge in [-0.2, -0.15) is 0 Å². The first kappa shape index (κ1) is 14.9. The molecule has 1 rings (SSSR count). The van der Waals surface area contributed by atoms with Crippen molar-refractivity contribution in [2.24, 2.45) is 17.6 Å². The lowest BCUT2D eigenvalue weighted by Gasteiger charge is -2.51. The van der Waals surface area contributed by atoms with Crippen LogP contribution in [0.4, 0.5) is 0 Å². The minimum atomic E-state index is 0.208. The van der Waals surface area contributed by atoms with E-state index < -0.39 is 0 Å². The zero-order chi connectivity index (χ0) is 12.9. The highest BCUT2D eigenvalue weighted by atomic mass is 16.5. The standard InChI is InChI=1S/C14H30N2O/c1-5-16(8-9-17-4)14(11-15)7-6-12(2)10-13(14)3/h12-13H,5-11,15H2,1-4H3. The lowest BCUT2D eigenvalue weighted by Crippen LogP contribution is -2.60. The van der Waals surface area contributed by atoms with E-state index in [0.29, 0.717) is 5.92 Å². The van der Waals surface area contributed by atoms with Gasteiger partial charge in [-0.15, -0.1) is 0 Å². The molecular weight excluding hydrogens is 212 g/mol. The van der Waals surface area contributed by atoms with Gasteiger partial charge in [-0.25, -0.2) is 0 Å². The van der Waals surface area contributed by atoms with E-state index in [1.807, 2.05) is 0 Å². The van der Waals surface area contributed by atoms with Crippen LogP contribution in [0.5, 0.6) is 0 Å². The van der Waals surface area contributed by atoms with Gasteiger partial charge in [0.15, 0.2) is 0 Å². The van der Waals surface area contributed by atoms with E-state index in [9.17, 15) is 0 Å². The summed E-state index contributed by atoms with van der Waals surface area (Å²) in [6.07, 6.45) is 3.86. The van der Waals surface area contributed by atoms with Crippen molar-refractivity contribution < 1.29 is 4.74 Å². The van der Waals surface area contributed by atoms with Crippen LogP contribution in [-0.2, 0) is 4.74 Å². The van der Waals surface area contributed by atoms with Crippen LogP contribution < -0.4 is 5.73 Å². The van der Waals surface area contributed by atoms with Crippen LogP contribution in [0.15, 0.2) is 0 Å². The van der Waals surface area contributed by atoms with E-state index in [0.717, 1.165) is 32.2 Å². The van der Waals surface area contributed by atoms with Crippen molar-refractivity contribution in [3.05, 3.63) is 0 Å². The van der Waals surface area contributed by atoms with Crippen molar-refractivity contribution in [1.82, 2.24) is 4.90 Å². The van der Waals surface area contributed by atoms with Crippen LogP contribution in [0.1, 0.15) is 40.0 Å². The van der Waals surface area contributed by atoms with Crippen molar-refractivity contribution in [3.63, 3.8) is 0 Å². The van der Waals surface area contributed by atoms with Crippen molar-refractivity contribution in [1.29, 1.82) is 0 Å². The number of likely N-dealkylation sites (N-methyl/N-ethyl adjacent to an activating group) is 1. The highest BCUT2D eigenvalue weighted by molar-refractivity contribution is 4.99. The molecule has 1 aliphatic rings. The third-order valence-corrected chi connectivity index (χ3v) is 4.67. The third-order valence-electron chi connectivity index (χ3n) is 4.67. The number of nitrogens with two attached hydrogens (primary N) is 1. The van der Waals surface area contributed by atoms with Crippen molar-refractivity contribution in [2.75, 3.05) is 33.4 Å². The summed E-state index contributed by atoms with van der Waals surface area (Å²) in [4.78, 5) is 2.55.